The van der Waals surface area contributed by atoms with Gasteiger partial charge < -0.3 is 4.74 Å². The summed E-state index contributed by atoms with van der Waals surface area (Å²) in [5.41, 5.74) is 3.16. The lowest BCUT2D eigenvalue weighted by molar-refractivity contribution is -0.137. The molecule has 0 N–H and O–H groups in total. The number of carbonyl (C=O) groups is 1. The lowest BCUT2D eigenvalue weighted by atomic mass is 9.97. The van der Waals surface area contributed by atoms with E-state index >= 15 is 0 Å². The van der Waals surface area contributed by atoms with Crippen LogP contribution in [-0.4, -0.2) is 12.6 Å². The maximum atomic E-state index is 11.8. The average molecular weight is 277 g/mol. The van der Waals surface area contributed by atoms with Crippen LogP contribution in [0.3, 0.4) is 0 Å². The van der Waals surface area contributed by atoms with E-state index in [9.17, 15) is 4.79 Å². The van der Waals surface area contributed by atoms with Crippen molar-refractivity contribution >= 4 is 11.5 Å². The molecule has 0 amide bonds. The number of esters is 1. The van der Waals surface area contributed by atoms with Crippen LogP contribution in [0.2, 0.25) is 0 Å². The zero-order chi connectivity index (χ0) is 15.1. The lowest BCUT2D eigenvalue weighted by Gasteiger charge is -2.08. The van der Waals surface area contributed by atoms with Gasteiger partial charge in [-0.2, -0.15) is 5.26 Å². The van der Waals surface area contributed by atoms with Crippen molar-refractivity contribution in [1.29, 1.82) is 5.26 Å². The Hall–Kier alpha value is -2.86. The van der Waals surface area contributed by atoms with E-state index in [1.807, 2.05) is 42.5 Å². The Bertz CT molecular complexity index is 679. The van der Waals surface area contributed by atoms with Gasteiger partial charge in [-0.1, -0.05) is 42.5 Å². The average Bonchev–Trinajstić information content (AvgIpc) is 2.54. The molecule has 0 aromatic heterocycles. The molecule has 2 aromatic carbocycles. The first-order valence-electron chi connectivity index (χ1n) is 6.69. The lowest BCUT2D eigenvalue weighted by Crippen LogP contribution is -2.01. The molecule has 0 saturated heterocycles. The summed E-state index contributed by atoms with van der Waals surface area (Å²) in [5, 5.41) is 8.86. The fourth-order valence-electron chi connectivity index (χ4n) is 1.98. The number of hydrogen-bond acceptors (Lipinski definition) is 3. The second kappa shape index (κ2) is 7.06. The van der Waals surface area contributed by atoms with Crippen molar-refractivity contribution in [3.63, 3.8) is 0 Å². The Morgan fingerprint density at radius 3 is 2.29 bits per heavy atom. The number of nitriles is 1. The summed E-state index contributed by atoms with van der Waals surface area (Å²) in [6.07, 6.45) is 1.49. The number of ether oxygens (including phenoxy) is 1. The second-order valence-electron chi connectivity index (χ2n) is 4.37. The maximum Gasteiger partial charge on any atom is 0.331 e. The normalized spacial score (nSPS) is 10.8. The smallest absolute Gasteiger partial charge is 0.331 e. The molecule has 21 heavy (non-hydrogen) atoms. The Labute approximate surface area is 124 Å². The Balaban J connectivity index is 2.45. The van der Waals surface area contributed by atoms with Crippen LogP contribution < -0.4 is 0 Å². The maximum absolute atomic E-state index is 11.8. The molecule has 0 spiro atoms. The zero-order valence-electron chi connectivity index (χ0n) is 11.7. The van der Waals surface area contributed by atoms with Gasteiger partial charge in [0.2, 0.25) is 0 Å². The van der Waals surface area contributed by atoms with E-state index in [1.54, 1.807) is 19.1 Å². The summed E-state index contributed by atoms with van der Waals surface area (Å²) in [4.78, 5) is 11.8. The third-order valence-corrected chi connectivity index (χ3v) is 2.96. The Morgan fingerprint density at radius 2 is 1.71 bits per heavy atom. The zero-order valence-corrected chi connectivity index (χ0v) is 11.7. The van der Waals surface area contributed by atoms with Crippen molar-refractivity contribution < 1.29 is 9.53 Å². The van der Waals surface area contributed by atoms with Gasteiger partial charge in [0.15, 0.2) is 0 Å². The quantitative estimate of drug-likeness (QED) is 0.634. The fraction of sp³-hybridized carbons (Fsp3) is 0.111. The molecule has 2 rings (SSSR count). The highest BCUT2D eigenvalue weighted by molar-refractivity contribution is 5.96. The van der Waals surface area contributed by atoms with Crippen LogP contribution in [0.1, 0.15) is 23.6 Å². The Morgan fingerprint density at radius 1 is 1.10 bits per heavy atom. The van der Waals surface area contributed by atoms with Gasteiger partial charge in [-0.25, -0.2) is 4.79 Å². The summed E-state index contributed by atoms with van der Waals surface area (Å²) in [6, 6.07) is 18.8. The molecule has 0 unspecified atom stereocenters. The summed E-state index contributed by atoms with van der Waals surface area (Å²) >= 11 is 0. The van der Waals surface area contributed by atoms with Gasteiger partial charge in [0.1, 0.15) is 0 Å². The molecule has 0 saturated carbocycles. The number of benzene rings is 2. The standard InChI is InChI=1S/C18H15NO2/c1-2-21-18(20)12-17(15-6-4-3-5-7-15)16-10-8-14(13-19)9-11-16/h3-12H,2H2,1H3/b17-12+. The van der Waals surface area contributed by atoms with Crippen molar-refractivity contribution in [1.82, 2.24) is 0 Å². The van der Waals surface area contributed by atoms with Crippen LogP contribution in [-0.2, 0) is 9.53 Å². The first kappa shape index (κ1) is 14.5. The molecule has 2 aromatic rings. The van der Waals surface area contributed by atoms with E-state index in [4.69, 9.17) is 10.00 Å². The van der Waals surface area contributed by atoms with Crippen LogP contribution in [0.4, 0.5) is 0 Å². The number of nitrogens with zero attached hydrogens (tertiary/aromatic N) is 1. The van der Waals surface area contributed by atoms with E-state index in [1.165, 1.54) is 6.08 Å². The van der Waals surface area contributed by atoms with Crippen LogP contribution >= 0.6 is 0 Å². The largest absolute Gasteiger partial charge is 0.463 e. The predicted molar refractivity (Wildman–Crippen MR) is 81.3 cm³/mol. The molecule has 0 fully saturated rings. The monoisotopic (exact) mass is 277 g/mol. The highest BCUT2D eigenvalue weighted by atomic mass is 16.5. The molecule has 0 aliphatic heterocycles. The minimum absolute atomic E-state index is 0.338. The van der Waals surface area contributed by atoms with E-state index in [2.05, 4.69) is 6.07 Å². The first-order valence-corrected chi connectivity index (χ1v) is 6.69. The van der Waals surface area contributed by atoms with Crippen LogP contribution in [0.5, 0.6) is 0 Å². The van der Waals surface area contributed by atoms with E-state index < -0.39 is 0 Å². The Kier molecular flexibility index (Phi) is 4.89. The van der Waals surface area contributed by atoms with Gasteiger partial charge in [0.05, 0.1) is 18.2 Å². The molecule has 0 heterocycles. The molecule has 0 bridgehead atoms. The number of carbonyl (C=O) groups excluding carboxylic acids is 1. The molecule has 0 atom stereocenters. The highest BCUT2D eigenvalue weighted by Crippen LogP contribution is 2.23. The van der Waals surface area contributed by atoms with Crippen LogP contribution in [0.15, 0.2) is 60.7 Å². The third kappa shape index (κ3) is 3.80. The van der Waals surface area contributed by atoms with Crippen LogP contribution in [0, 0.1) is 11.3 Å². The van der Waals surface area contributed by atoms with E-state index in [0.717, 1.165) is 16.7 Å². The highest BCUT2D eigenvalue weighted by Gasteiger charge is 2.08. The van der Waals surface area contributed by atoms with Gasteiger partial charge >= 0.3 is 5.97 Å². The molecule has 3 heteroatoms. The van der Waals surface area contributed by atoms with Gasteiger partial charge in [-0.3, -0.25) is 0 Å². The second-order valence-corrected chi connectivity index (χ2v) is 4.37. The van der Waals surface area contributed by atoms with Gasteiger partial charge in [0, 0.05) is 6.08 Å². The molecule has 104 valence electrons. The van der Waals surface area contributed by atoms with E-state index in [-0.39, 0.29) is 5.97 Å². The molecular formula is C18H15NO2. The molecule has 0 aliphatic carbocycles. The van der Waals surface area contributed by atoms with Crippen molar-refractivity contribution in [2.24, 2.45) is 0 Å². The third-order valence-electron chi connectivity index (χ3n) is 2.96. The summed E-state index contributed by atoms with van der Waals surface area (Å²) in [7, 11) is 0. The predicted octanol–water partition coefficient (Wildman–Crippen LogP) is 3.55. The summed E-state index contributed by atoms with van der Waals surface area (Å²) in [6.45, 7) is 2.11. The van der Waals surface area contributed by atoms with Crippen molar-refractivity contribution in [2.75, 3.05) is 6.61 Å². The van der Waals surface area contributed by atoms with Gasteiger partial charge in [-0.15, -0.1) is 0 Å². The first-order chi connectivity index (χ1) is 10.2. The minimum atomic E-state index is -0.374. The fourth-order valence-corrected chi connectivity index (χ4v) is 1.98. The summed E-state index contributed by atoms with van der Waals surface area (Å²) in [5.74, 6) is -0.374. The van der Waals surface area contributed by atoms with Crippen molar-refractivity contribution in [2.45, 2.75) is 6.92 Å². The van der Waals surface area contributed by atoms with E-state index in [0.29, 0.717) is 12.2 Å². The molecule has 3 nitrogen and oxygen atoms in total. The molecule has 0 radical (unpaired) electrons. The number of hydrogen-bond donors (Lipinski definition) is 0. The summed E-state index contributed by atoms with van der Waals surface area (Å²) < 4.78 is 4.99. The van der Waals surface area contributed by atoms with Gasteiger partial charge in [-0.05, 0) is 35.8 Å². The van der Waals surface area contributed by atoms with Gasteiger partial charge in [0.25, 0.3) is 0 Å². The topological polar surface area (TPSA) is 50.1 Å². The van der Waals surface area contributed by atoms with Crippen LogP contribution in [0.25, 0.3) is 5.57 Å². The van der Waals surface area contributed by atoms with Crippen molar-refractivity contribution in [3.8, 4) is 6.07 Å². The molecular weight excluding hydrogens is 262 g/mol. The van der Waals surface area contributed by atoms with Crippen molar-refractivity contribution in [3.05, 3.63) is 77.4 Å². The SMILES string of the molecule is CCOC(=O)/C=C(\c1ccccc1)c1ccc(C#N)cc1. The number of rotatable bonds is 4. The minimum Gasteiger partial charge on any atom is -0.463 e. The molecule has 0 aliphatic rings.